The van der Waals surface area contributed by atoms with Crippen LogP contribution in [0, 0.1) is 17.8 Å². The van der Waals surface area contributed by atoms with Gasteiger partial charge in [0, 0.05) is 0 Å². The van der Waals surface area contributed by atoms with Gasteiger partial charge in [-0.2, -0.15) is 0 Å². The van der Waals surface area contributed by atoms with E-state index >= 15 is 0 Å². The molecule has 1 atom stereocenters. The topological polar surface area (TPSA) is 20.2 Å². The first kappa shape index (κ1) is 18.8. The third-order valence-corrected chi connectivity index (χ3v) is 12.3. The lowest BCUT2D eigenvalue weighted by Gasteiger charge is -2.56. The van der Waals surface area contributed by atoms with Gasteiger partial charge in [-0.05, 0) is 28.3 Å². The Hall–Kier alpha value is 0.757. The van der Waals surface area contributed by atoms with Crippen molar-refractivity contribution in [2.75, 3.05) is 0 Å². The van der Waals surface area contributed by atoms with Crippen LogP contribution in [0.4, 0.5) is 0 Å². The molecule has 4 heteroatoms. The molecule has 0 amide bonds. The standard InChI is InChI=1S/C14H30Cl2OSi/c1-9(2)14(10(3)4,11(5)6)18(17,12(7)8)13(15)16/h9-13,17H,1-8H3. The Morgan fingerprint density at radius 3 is 1.11 bits per heavy atom. The van der Waals surface area contributed by atoms with E-state index < -0.39 is 12.8 Å². The third kappa shape index (κ3) is 2.63. The van der Waals surface area contributed by atoms with Crippen molar-refractivity contribution in [3.63, 3.8) is 0 Å². The molecule has 0 aliphatic rings. The molecule has 0 aromatic rings. The maximum atomic E-state index is 11.5. The molecule has 0 rings (SSSR count). The molecule has 110 valence electrons. The van der Waals surface area contributed by atoms with Gasteiger partial charge in [0.1, 0.15) is 4.46 Å². The highest BCUT2D eigenvalue weighted by Gasteiger charge is 2.62. The monoisotopic (exact) mass is 312 g/mol. The van der Waals surface area contributed by atoms with Crippen molar-refractivity contribution >= 4 is 31.5 Å². The van der Waals surface area contributed by atoms with Crippen LogP contribution in [0.1, 0.15) is 55.4 Å². The number of halogens is 2. The van der Waals surface area contributed by atoms with Crippen LogP contribution < -0.4 is 0 Å². The molecule has 0 heterocycles. The second-order valence-corrected chi connectivity index (χ2v) is 12.8. The summed E-state index contributed by atoms with van der Waals surface area (Å²) in [6.07, 6.45) is 0. The zero-order chi connectivity index (χ0) is 14.9. The number of hydrogen-bond donors (Lipinski definition) is 1. The summed E-state index contributed by atoms with van der Waals surface area (Å²) in [4.78, 5) is 11.5. The van der Waals surface area contributed by atoms with Gasteiger partial charge in [0.2, 0.25) is 8.32 Å². The maximum absolute atomic E-state index is 11.5. The first-order valence-corrected chi connectivity index (χ1v) is 9.95. The molecule has 1 unspecified atom stereocenters. The molecule has 0 fully saturated rings. The summed E-state index contributed by atoms with van der Waals surface area (Å²) in [6.45, 7) is 17.3. The van der Waals surface area contributed by atoms with Crippen LogP contribution >= 0.6 is 23.2 Å². The van der Waals surface area contributed by atoms with E-state index in [1.807, 2.05) is 0 Å². The predicted molar refractivity (Wildman–Crippen MR) is 85.8 cm³/mol. The van der Waals surface area contributed by atoms with Crippen LogP contribution in [-0.2, 0) is 0 Å². The quantitative estimate of drug-likeness (QED) is 0.515. The van der Waals surface area contributed by atoms with E-state index in [0.717, 1.165) is 0 Å². The Balaban J connectivity index is 6.12. The molecule has 0 aromatic carbocycles. The maximum Gasteiger partial charge on any atom is 0.231 e. The van der Waals surface area contributed by atoms with Gasteiger partial charge in [0.15, 0.2) is 0 Å². The molecule has 0 spiro atoms. The summed E-state index contributed by atoms with van der Waals surface area (Å²) >= 11 is 12.5. The fourth-order valence-electron chi connectivity index (χ4n) is 4.33. The van der Waals surface area contributed by atoms with Crippen LogP contribution in [0.15, 0.2) is 0 Å². The van der Waals surface area contributed by atoms with E-state index in [2.05, 4.69) is 55.4 Å². The Bertz CT molecular complexity index is 233. The number of alkyl halides is 2. The minimum absolute atomic E-state index is 0.143. The van der Waals surface area contributed by atoms with E-state index in [0.29, 0.717) is 17.8 Å². The molecule has 0 aliphatic heterocycles. The summed E-state index contributed by atoms with van der Waals surface area (Å²) in [7, 11) is -2.84. The van der Waals surface area contributed by atoms with Crippen molar-refractivity contribution in [3.8, 4) is 0 Å². The number of rotatable bonds is 6. The lowest BCUT2D eigenvalue weighted by molar-refractivity contribution is 0.187. The first-order valence-electron chi connectivity index (χ1n) is 6.97. The normalized spacial score (nSPS) is 17.3. The van der Waals surface area contributed by atoms with Gasteiger partial charge in [-0.25, -0.2) is 0 Å². The van der Waals surface area contributed by atoms with Gasteiger partial charge in [0.25, 0.3) is 0 Å². The van der Waals surface area contributed by atoms with Crippen LogP contribution in [0.3, 0.4) is 0 Å². The van der Waals surface area contributed by atoms with Crippen molar-refractivity contribution in [2.24, 2.45) is 17.8 Å². The van der Waals surface area contributed by atoms with Gasteiger partial charge < -0.3 is 4.80 Å². The molecule has 0 radical (unpaired) electrons. The van der Waals surface area contributed by atoms with Gasteiger partial charge >= 0.3 is 0 Å². The molecule has 0 aromatic heterocycles. The minimum Gasteiger partial charge on any atom is -0.428 e. The molecule has 0 saturated carbocycles. The molecule has 1 nitrogen and oxygen atoms in total. The van der Waals surface area contributed by atoms with Crippen LogP contribution in [0.2, 0.25) is 10.6 Å². The second kappa shape index (κ2) is 6.47. The van der Waals surface area contributed by atoms with Crippen LogP contribution in [0.5, 0.6) is 0 Å². The Morgan fingerprint density at radius 2 is 1.06 bits per heavy atom. The Labute approximate surface area is 124 Å². The average molecular weight is 313 g/mol. The van der Waals surface area contributed by atoms with Crippen molar-refractivity contribution in [1.29, 1.82) is 0 Å². The largest absolute Gasteiger partial charge is 0.428 e. The van der Waals surface area contributed by atoms with E-state index in [1.54, 1.807) is 0 Å². The number of hydrogen-bond acceptors (Lipinski definition) is 1. The van der Waals surface area contributed by atoms with Crippen LogP contribution in [-0.4, -0.2) is 17.6 Å². The Morgan fingerprint density at radius 1 is 0.778 bits per heavy atom. The minimum atomic E-state index is -2.84. The second-order valence-electron chi connectivity index (χ2n) is 6.68. The zero-order valence-corrected chi connectivity index (χ0v) is 15.6. The van der Waals surface area contributed by atoms with Gasteiger partial charge in [-0.15, -0.1) is 23.2 Å². The van der Waals surface area contributed by atoms with Gasteiger partial charge in [-0.1, -0.05) is 55.4 Å². The lowest BCUT2D eigenvalue weighted by atomic mass is 9.76. The summed E-state index contributed by atoms with van der Waals surface area (Å²) in [5.74, 6) is 1.07. The molecule has 0 aliphatic carbocycles. The van der Waals surface area contributed by atoms with Gasteiger partial charge in [0.05, 0.1) is 0 Å². The molecular formula is C14H30Cl2OSi. The van der Waals surface area contributed by atoms with E-state index in [9.17, 15) is 4.80 Å². The average Bonchev–Trinajstić information content (AvgIpc) is 2.15. The Kier molecular flexibility index (Phi) is 6.74. The highest BCUT2D eigenvalue weighted by atomic mass is 35.5. The molecule has 18 heavy (non-hydrogen) atoms. The van der Waals surface area contributed by atoms with Crippen molar-refractivity contribution in [3.05, 3.63) is 0 Å². The van der Waals surface area contributed by atoms with Crippen molar-refractivity contribution in [2.45, 2.75) is 70.4 Å². The smallest absolute Gasteiger partial charge is 0.231 e. The van der Waals surface area contributed by atoms with Gasteiger partial charge in [-0.3, -0.25) is 0 Å². The van der Waals surface area contributed by atoms with Crippen LogP contribution in [0.25, 0.3) is 0 Å². The zero-order valence-electron chi connectivity index (χ0n) is 13.1. The fourth-order valence-corrected chi connectivity index (χ4v) is 11.6. The highest BCUT2D eigenvalue weighted by Crippen LogP contribution is 2.61. The summed E-state index contributed by atoms with van der Waals surface area (Å²) in [6, 6.07) is 0. The summed E-state index contributed by atoms with van der Waals surface area (Å²) in [5.41, 5.74) is 0.143. The fraction of sp³-hybridized carbons (Fsp3) is 1.00. The summed E-state index contributed by atoms with van der Waals surface area (Å²) in [5, 5.41) is -0.171. The molecule has 0 saturated heterocycles. The molecule has 0 bridgehead atoms. The first-order chi connectivity index (χ1) is 7.97. The summed E-state index contributed by atoms with van der Waals surface area (Å²) < 4.78 is -0.648. The van der Waals surface area contributed by atoms with E-state index in [-0.39, 0.29) is 10.6 Å². The predicted octanol–water partition coefficient (Wildman–Crippen LogP) is 5.39. The highest BCUT2D eigenvalue weighted by molar-refractivity contribution is 6.91. The molecular weight excluding hydrogens is 283 g/mol. The molecule has 1 N–H and O–H groups in total. The lowest BCUT2D eigenvalue weighted by Crippen LogP contribution is -2.62. The third-order valence-electron chi connectivity index (χ3n) is 4.77. The van der Waals surface area contributed by atoms with E-state index in [4.69, 9.17) is 23.2 Å². The van der Waals surface area contributed by atoms with Crippen molar-refractivity contribution in [1.82, 2.24) is 0 Å². The SMILES string of the molecule is CC(C)C(C(C)C)(C(C)C)[Si](O)(C(C)C)C(Cl)Cl. The van der Waals surface area contributed by atoms with E-state index in [1.165, 1.54) is 0 Å². The van der Waals surface area contributed by atoms with Crippen molar-refractivity contribution < 1.29 is 4.80 Å².